The molecule has 4 rings (SSSR count). The van der Waals surface area contributed by atoms with Gasteiger partial charge < -0.3 is 14.5 Å². The molecule has 3 heterocycles. The molecule has 0 spiro atoms. The molecule has 1 fully saturated rings. The van der Waals surface area contributed by atoms with Gasteiger partial charge in [-0.1, -0.05) is 18.2 Å². The topological polar surface area (TPSA) is 80.5 Å². The summed E-state index contributed by atoms with van der Waals surface area (Å²) in [4.78, 5) is 14.8. The lowest BCUT2D eigenvalue weighted by molar-refractivity contribution is -0.122. The summed E-state index contributed by atoms with van der Waals surface area (Å²) in [7, 11) is 1.71. The number of carbonyl (C=O) groups is 1. The number of aryl methyl sites for hydroxylation is 1. The molecule has 0 saturated carbocycles. The first-order chi connectivity index (χ1) is 14.7. The zero-order valence-electron chi connectivity index (χ0n) is 17.0. The summed E-state index contributed by atoms with van der Waals surface area (Å²) in [5.74, 6) is 1.97. The van der Waals surface area contributed by atoms with Gasteiger partial charge in [-0.05, 0) is 30.4 Å². The molecule has 1 aliphatic rings. The van der Waals surface area contributed by atoms with Crippen molar-refractivity contribution >= 4 is 17.2 Å². The Morgan fingerprint density at radius 3 is 2.87 bits per heavy atom. The third kappa shape index (κ3) is 5.25. The second kappa shape index (κ2) is 9.86. The highest BCUT2D eigenvalue weighted by molar-refractivity contribution is 7.08. The van der Waals surface area contributed by atoms with Gasteiger partial charge in [-0.15, -0.1) is 10.2 Å². The van der Waals surface area contributed by atoms with Crippen molar-refractivity contribution < 1.29 is 13.9 Å². The van der Waals surface area contributed by atoms with Gasteiger partial charge in [0.1, 0.15) is 5.75 Å². The Kier molecular flexibility index (Phi) is 6.76. The average Bonchev–Trinajstić information content (AvgIpc) is 3.46. The van der Waals surface area contributed by atoms with E-state index in [9.17, 15) is 4.79 Å². The van der Waals surface area contributed by atoms with Crippen LogP contribution in [-0.2, 0) is 17.8 Å². The number of hydrogen-bond acceptors (Lipinski definition) is 7. The molecule has 0 radical (unpaired) electrons. The van der Waals surface area contributed by atoms with Crippen LogP contribution in [0, 0.1) is 0 Å². The van der Waals surface area contributed by atoms with E-state index >= 15 is 0 Å². The smallest absolute Gasteiger partial charge is 0.248 e. The van der Waals surface area contributed by atoms with Crippen LogP contribution in [0.4, 0.5) is 0 Å². The number of piperidine rings is 1. The predicted molar refractivity (Wildman–Crippen MR) is 115 cm³/mol. The lowest BCUT2D eigenvalue weighted by atomic mass is 10.0. The minimum atomic E-state index is 0.0356. The summed E-state index contributed by atoms with van der Waals surface area (Å²) in [5, 5.41) is 15.2. The Labute approximate surface area is 180 Å². The number of thiophene rings is 1. The number of amides is 1. The lowest BCUT2D eigenvalue weighted by Gasteiger charge is -2.32. The van der Waals surface area contributed by atoms with Gasteiger partial charge in [0, 0.05) is 55.0 Å². The summed E-state index contributed by atoms with van der Waals surface area (Å²) >= 11 is 1.58. The van der Waals surface area contributed by atoms with Crippen molar-refractivity contribution in [3.8, 4) is 17.2 Å². The highest BCUT2D eigenvalue weighted by atomic mass is 32.1. The molecule has 158 valence electrons. The first-order valence-corrected chi connectivity index (χ1v) is 11.1. The summed E-state index contributed by atoms with van der Waals surface area (Å²) in [6.45, 7) is 2.78. The molecule has 7 nitrogen and oxygen atoms in total. The standard InChI is InChI=1S/C22H26N4O3S/c1-28-19-5-3-2-4-16(19)14-26-11-8-18(9-12-26)23-20(27)6-7-21-24-25-22(29-21)17-10-13-30-15-17/h2-5,10,13,15,18H,6-9,11-12,14H2,1H3,(H,23,27). The van der Waals surface area contributed by atoms with Gasteiger partial charge in [0.05, 0.1) is 7.11 Å². The molecule has 30 heavy (non-hydrogen) atoms. The Balaban J connectivity index is 1.19. The highest BCUT2D eigenvalue weighted by Crippen LogP contribution is 2.22. The number of para-hydroxylation sites is 1. The van der Waals surface area contributed by atoms with E-state index in [2.05, 4.69) is 26.5 Å². The van der Waals surface area contributed by atoms with E-state index in [-0.39, 0.29) is 11.9 Å². The maximum Gasteiger partial charge on any atom is 0.248 e. The molecule has 0 unspecified atom stereocenters. The Bertz CT molecular complexity index is 949. The van der Waals surface area contributed by atoms with Gasteiger partial charge in [0.15, 0.2) is 0 Å². The van der Waals surface area contributed by atoms with Crippen molar-refractivity contribution in [1.82, 2.24) is 20.4 Å². The normalized spacial score (nSPS) is 15.2. The summed E-state index contributed by atoms with van der Waals surface area (Å²) in [6, 6.07) is 10.3. The van der Waals surface area contributed by atoms with Crippen LogP contribution in [0.15, 0.2) is 45.5 Å². The van der Waals surface area contributed by atoms with E-state index in [1.807, 2.05) is 35.0 Å². The van der Waals surface area contributed by atoms with Crippen molar-refractivity contribution in [3.63, 3.8) is 0 Å². The highest BCUT2D eigenvalue weighted by Gasteiger charge is 2.21. The SMILES string of the molecule is COc1ccccc1CN1CCC(NC(=O)CCc2nnc(-c3ccsc3)o2)CC1. The number of ether oxygens (including phenoxy) is 1. The van der Waals surface area contributed by atoms with Gasteiger partial charge in [-0.3, -0.25) is 9.69 Å². The molecule has 1 N–H and O–H groups in total. The molecular weight excluding hydrogens is 400 g/mol. The maximum absolute atomic E-state index is 12.3. The van der Waals surface area contributed by atoms with E-state index in [4.69, 9.17) is 9.15 Å². The summed E-state index contributed by atoms with van der Waals surface area (Å²) in [6.07, 6.45) is 2.70. The molecule has 1 saturated heterocycles. The van der Waals surface area contributed by atoms with Crippen LogP contribution < -0.4 is 10.1 Å². The van der Waals surface area contributed by atoms with Gasteiger partial charge in [-0.25, -0.2) is 0 Å². The number of benzene rings is 1. The van der Waals surface area contributed by atoms with Crippen LogP contribution in [0.25, 0.3) is 11.5 Å². The Hall–Kier alpha value is -2.71. The van der Waals surface area contributed by atoms with Gasteiger partial charge >= 0.3 is 0 Å². The van der Waals surface area contributed by atoms with Gasteiger partial charge in [0.25, 0.3) is 0 Å². The molecule has 1 amide bonds. The fraction of sp³-hybridized carbons (Fsp3) is 0.409. The number of carbonyl (C=O) groups excluding carboxylic acids is 1. The largest absolute Gasteiger partial charge is 0.496 e. The van der Waals surface area contributed by atoms with Crippen molar-refractivity contribution in [3.05, 3.63) is 52.5 Å². The number of aromatic nitrogens is 2. The van der Waals surface area contributed by atoms with Crippen LogP contribution in [0.5, 0.6) is 5.75 Å². The summed E-state index contributed by atoms with van der Waals surface area (Å²) in [5.41, 5.74) is 2.12. The zero-order valence-corrected chi connectivity index (χ0v) is 17.9. The first-order valence-electron chi connectivity index (χ1n) is 10.2. The van der Waals surface area contributed by atoms with E-state index in [0.717, 1.165) is 43.8 Å². The van der Waals surface area contributed by atoms with Crippen molar-refractivity contribution in [2.24, 2.45) is 0 Å². The monoisotopic (exact) mass is 426 g/mol. The van der Waals surface area contributed by atoms with Crippen molar-refractivity contribution in [2.75, 3.05) is 20.2 Å². The molecule has 8 heteroatoms. The lowest BCUT2D eigenvalue weighted by Crippen LogP contribution is -2.44. The van der Waals surface area contributed by atoms with Crippen LogP contribution in [-0.4, -0.2) is 47.2 Å². The minimum absolute atomic E-state index is 0.0356. The molecular formula is C22H26N4O3S. The van der Waals surface area contributed by atoms with E-state index in [1.165, 1.54) is 5.56 Å². The van der Waals surface area contributed by atoms with Crippen LogP contribution in [0.1, 0.15) is 30.7 Å². The van der Waals surface area contributed by atoms with Crippen molar-refractivity contribution in [2.45, 2.75) is 38.3 Å². The first kappa shape index (κ1) is 20.6. The maximum atomic E-state index is 12.3. The number of hydrogen-bond donors (Lipinski definition) is 1. The fourth-order valence-electron chi connectivity index (χ4n) is 3.69. The van der Waals surface area contributed by atoms with E-state index < -0.39 is 0 Å². The molecule has 1 aliphatic heterocycles. The number of likely N-dealkylation sites (tertiary alicyclic amines) is 1. The van der Waals surface area contributed by atoms with Crippen LogP contribution >= 0.6 is 11.3 Å². The van der Waals surface area contributed by atoms with Gasteiger partial charge in [-0.2, -0.15) is 11.3 Å². The van der Waals surface area contributed by atoms with Gasteiger partial charge in [0.2, 0.25) is 17.7 Å². The second-order valence-corrected chi connectivity index (χ2v) is 8.22. The molecule has 1 aromatic carbocycles. The molecule has 2 aromatic heterocycles. The number of nitrogens with zero attached hydrogens (tertiary/aromatic N) is 3. The Morgan fingerprint density at radius 2 is 2.10 bits per heavy atom. The zero-order chi connectivity index (χ0) is 20.8. The number of rotatable bonds is 8. The van der Waals surface area contributed by atoms with Crippen LogP contribution in [0.2, 0.25) is 0 Å². The quantitative estimate of drug-likeness (QED) is 0.594. The number of methoxy groups -OCH3 is 1. The third-order valence-corrected chi connectivity index (χ3v) is 6.02. The van der Waals surface area contributed by atoms with Crippen LogP contribution in [0.3, 0.4) is 0 Å². The molecule has 3 aromatic rings. The minimum Gasteiger partial charge on any atom is -0.496 e. The third-order valence-electron chi connectivity index (χ3n) is 5.34. The molecule has 0 bridgehead atoms. The molecule has 0 atom stereocenters. The second-order valence-electron chi connectivity index (χ2n) is 7.44. The average molecular weight is 427 g/mol. The Morgan fingerprint density at radius 1 is 1.27 bits per heavy atom. The predicted octanol–water partition coefficient (Wildman–Crippen LogP) is 3.52. The summed E-state index contributed by atoms with van der Waals surface area (Å²) < 4.78 is 11.1. The molecule has 0 aliphatic carbocycles. The van der Waals surface area contributed by atoms with Crippen molar-refractivity contribution in [1.29, 1.82) is 0 Å². The number of nitrogens with one attached hydrogen (secondary N) is 1. The van der Waals surface area contributed by atoms with E-state index in [0.29, 0.717) is 24.6 Å². The van der Waals surface area contributed by atoms with E-state index in [1.54, 1.807) is 18.4 Å². The fourth-order valence-corrected chi connectivity index (χ4v) is 4.32.